The topological polar surface area (TPSA) is 30.0 Å². The number of nitrogens with zero attached hydrogens (tertiary/aromatic N) is 1. The largest absolute Gasteiger partial charge is 0.294 e. The number of ketones is 1. The molecule has 0 aliphatic heterocycles. The van der Waals surface area contributed by atoms with Crippen molar-refractivity contribution in [2.75, 3.05) is 0 Å². The second-order valence-electron chi connectivity index (χ2n) is 3.93. The average Bonchev–Trinajstić information content (AvgIpc) is 2.63. The Morgan fingerprint density at radius 2 is 2.00 bits per heavy atom. The Morgan fingerprint density at radius 3 is 2.53 bits per heavy atom. The molecule has 2 rings (SSSR count). The molecule has 4 heteroatoms. The van der Waals surface area contributed by atoms with Crippen LogP contribution >= 0.6 is 27.3 Å². The minimum atomic E-state index is 0.141. The van der Waals surface area contributed by atoms with E-state index in [0.29, 0.717) is 6.42 Å². The van der Waals surface area contributed by atoms with E-state index in [4.69, 9.17) is 0 Å². The van der Waals surface area contributed by atoms with Crippen LogP contribution in [0.25, 0.3) is 0 Å². The van der Waals surface area contributed by atoms with Crippen LogP contribution in [-0.4, -0.2) is 10.8 Å². The summed E-state index contributed by atoms with van der Waals surface area (Å²) in [6.45, 7) is 3.82. The Kier molecular flexibility index (Phi) is 3.74. The predicted molar refractivity (Wildman–Crippen MR) is 73.8 cm³/mol. The van der Waals surface area contributed by atoms with Crippen LogP contribution in [0.4, 0.5) is 0 Å². The lowest BCUT2D eigenvalue weighted by Crippen LogP contribution is -2.04. The van der Waals surface area contributed by atoms with Gasteiger partial charge in [-0.25, -0.2) is 0 Å². The van der Waals surface area contributed by atoms with Gasteiger partial charge >= 0.3 is 0 Å². The van der Waals surface area contributed by atoms with E-state index in [1.165, 1.54) is 0 Å². The van der Waals surface area contributed by atoms with E-state index in [0.717, 1.165) is 26.3 Å². The highest BCUT2D eigenvalue weighted by Gasteiger charge is 2.11. The molecule has 0 unspecified atom stereocenters. The molecule has 0 aromatic carbocycles. The van der Waals surface area contributed by atoms with E-state index < -0.39 is 0 Å². The number of halogens is 1. The van der Waals surface area contributed by atoms with Gasteiger partial charge in [-0.1, -0.05) is 0 Å². The predicted octanol–water partition coefficient (Wildman–Crippen LogP) is 3.95. The third kappa shape index (κ3) is 3.01. The van der Waals surface area contributed by atoms with Crippen molar-refractivity contribution in [3.05, 3.63) is 49.9 Å². The Morgan fingerprint density at radius 1 is 1.35 bits per heavy atom. The number of hydrogen-bond donors (Lipinski definition) is 0. The van der Waals surface area contributed by atoms with Crippen molar-refractivity contribution in [1.29, 1.82) is 0 Å². The van der Waals surface area contributed by atoms with Crippen molar-refractivity contribution >= 4 is 33.0 Å². The summed E-state index contributed by atoms with van der Waals surface area (Å²) in [5.41, 5.74) is 2.52. The highest BCUT2D eigenvalue weighted by Crippen LogP contribution is 2.24. The summed E-state index contributed by atoms with van der Waals surface area (Å²) in [5.74, 6) is 0.141. The van der Waals surface area contributed by atoms with Gasteiger partial charge in [0.15, 0.2) is 5.78 Å². The lowest BCUT2D eigenvalue weighted by atomic mass is 10.1. The second kappa shape index (κ2) is 5.10. The number of carbonyl (C=O) groups excluding carboxylic acids is 1. The first-order valence-corrected chi connectivity index (χ1v) is 6.94. The molecule has 2 aromatic rings. The molecule has 17 heavy (non-hydrogen) atoms. The van der Waals surface area contributed by atoms with Crippen LogP contribution in [0, 0.1) is 13.8 Å². The van der Waals surface area contributed by atoms with Crippen LogP contribution < -0.4 is 0 Å². The standard InChI is InChI=1S/C13H12BrNOS/c1-8-5-10(6-9(2)15-8)12(16)7-13-11(14)3-4-17-13/h3-6H,7H2,1-2H3. The summed E-state index contributed by atoms with van der Waals surface area (Å²) in [7, 11) is 0. The van der Waals surface area contributed by atoms with Crippen molar-refractivity contribution in [3.63, 3.8) is 0 Å². The van der Waals surface area contributed by atoms with Crippen LogP contribution in [-0.2, 0) is 6.42 Å². The van der Waals surface area contributed by atoms with Crippen LogP contribution in [0.1, 0.15) is 26.6 Å². The first kappa shape index (κ1) is 12.5. The van der Waals surface area contributed by atoms with Crippen molar-refractivity contribution in [2.24, 2.45) is 0 Å². The zero-order valence-electron chi connectivity index (χ0n) is 9.66. The summed E-state index contributed by atoms with van der Waals surface area (Å²) in [4.78, 5) is 17.5. The van der Waals surface area contributed by atoms with Gasteiger partial charge in [0.05, 0.1) is 0 Å². The van der Waals surface area contributed by atoms with E-state index in [9.17, 15) is 4.79 Å². The molecule has 2 aromatic heterocycles. The number of pyridine rings is 1. The van der Waals surface area contributed by atoms with Gasteiger partial charge in [0.2, 0.25) is 0 Å². The number of aryl methyl sites for hydroxylation is 2. The van der Waals surface area contributed by atoms with E-state index in [1.807, 2.05) is 37.4 Å². The molecule has 0 aliphatic rings. The Balaban J connectivity index is 2.23. The van der Waals surface area contributed by atoms with E-state index in [2.05, 4.69) is 20.9 Å². The zero-order valence-corrected chi connectivity index (χ0v) is 12.1. The molecule has 2 heterocycles. The van der Waals surface area contributed by atoms with E-state index >= 15 is 0 Å². The second-order valence-corrected chi connectivity index (χ2v) is 5.79. The van der Waals surface area contributed by atoms with Crippen LogP contribution in [0.5, 0.6) is 0 Å². The smallest absolute Gasteiger partial charge is 0.168 e. The van der Waals surface area contributed by atoms with Crippen LogP contribution in [0.15, 0.2) is 28.1 Å². The molecule has 2 nitrogen and oxygen atoms in total. The first-order chi connectivity index (χ1) is 8.06. The highest BCUT2D eigenvalue weighted by atomic mass is 79.9. The average molecular weight is 310 g/mol. The lowest BCUT2D eigenvalue weighted by molar-refractivity contribution is 0.0993. The molecule has 0 spiro atoms. The fourth-order valence-electron chi connectivity index (χ4n) is 1.69. The van der Waals surface area contributed by atoms with Crippen LogP contribution in [0.2, 0.25) is 0 Å². The number of aromatic nitrogens is 1. The van der Waals surface area contributed by atoms with Gasteiger partial charge in [0.25, 0.3) is 0 Å². The van der Waals surface area contributed by atoms with Crippen LogP contribution in [0.3, 0.4) is 0 Å². The highest BCUT2D eigenvalue weighted by molar-refractivity contribution is 9.10. The first-order valence-electron chi connectivity index (χ1n) is 5.26. The Bertz CT molecular complexity index is 542. The normalized spacial score (nSPS) is 10.5. The molecule has 0 saturated carbocycles. The molecule has 0 radical (unpaired) electrons. The fraction of sp³-hybridized carbons (Fsp3) is 0.231. The monoisotopic (exact) mass is 309 g/mol. The maximum absolute atomic E-state index is 12.1. The molecule has 0 amide bonds. The van der Waals surface area contributed by atoms with Gasteiger partial charge in [-0.15, -0.1) is 11.3 Å². The fourth-order valence-corrected chi connectivity index (χ4v) is 3.19. The molecule has 0 aliphatic carbocycles. The Hall–Kier alpha value is -1.00. The number of rotatable bonds is 3. The van der Waals surface area contributed by atoms with Gasteiger partial charge in [0, 0.05) is 32.7 Å². The molecule has 88 valence electrons. The third-order valence-corrected chi connectivity index (χ3v) is 4.34. The number of hydrogen-bond acceptors (Lipinski definition) is 3. The molecule has 0 atom stereocenters. The van der Waals surface area contributed by atoms with Crippen molar-refractivity contribution in [3.8, 4) is 0 Å². The van der Waals surface area contributed by atoms with Gasteiger partial charge < -0.3 is 0 Å². The van der Waals surface area contributed by atoms with Crippen molar-refractivity contribution < 1.29 is 4.79 Å². The summed E-state index contributed by atoms with van der Waals surface area (Å²) in [6, 6.07) is 5.66. The lowest BCUT2D eigenvalue weighted by Gasteiger charge is -2.03. The van der Waals surface area contributed by atoms with Gasteiger partial charge in [-0.2, -0.15) is 0 Å². The number of thiophene rings is 1. The molecule has 0 fully saturated rings. The minimum absolute atomic E-state index is 0.141. The Labute approximate surface area is 113 Å². The SMILES string of the molecule is Cc1cc(C(=O)Cc2sccc2Br)cc(C)n1. The number of Topliss-reactive ketones (excluding diaryl/α,β-unsaturated/α-hetero) is 1. The van der Waals surface area contributed by atoms with Crippen molar-refractivity contribution in [2.45, 2.75) is 20.3 Å². The summed E-state index contributed by atoms with van der Waals surface area (Å²) in [5, 5.41) is 1.98. The maximum Gasteiger partial charge on any atom is 0.168 e. The molecular formula is C13H12BrNOS. The summed E-state index contributed by atoms with van der Waals surface area (Å²) < 4.78 is 1.01. The third-order valence-electron chi connectivity index (χ3n) is 2.42. The number of carbonyl (C=O) groups is 1. The quantitative estimate of drug-likeness (QED) is 0.804. The van der Waals surface area contributed by atoms with Crippen molar-refractivity contribution in [1.82, 2.24) is 4.98 Å². The van der Waals surface area contributed by atoms with Gasteiger partial charge in [-0.05, 0) is 53.4 Å². The minimum Gasteiger partial charge on any atom is -0.294 e. The molecule has 0 bridgehead atoms. The summed E-state index contributed by atoms with van der Waals surface area (Å²) >= 11 is 5.04. The zero-order chi connectivity index (χ0) is 12.4. The maximum atomic E-state index is 12.1. The van der Waals surface area contributed by atoms with Gasteiger partial charge in [-0.3, -0.25) is 9.78 Å². The molecule has 0 saturated heterocycles. The van der Waals surface area contributed by atoms with Gasteiger partial charge in [0.1, 0.15) is 0 Å². The van der Waals surface area contributed by atoms with E-state index in [1.54, 1.807) is 11.3 Å². The van der Waals surface area contributed by atoms with E-state index in [-0.39, 0.29) is 5.78 Å². The summed E-state index contributed by atoms with van der Waals surface area (Å²) in [6.07, 6.45) is 0.446. The molecule has 0 N–H and O–H groups in total. The molecular weight excluding hydrogens is 298 g/mol.